The van der Waals surface area contributed by atoms with Gasteiger partial charge in [-0.15, -0.1) is 0 Å². The number of phenols is 1. The van der Waals surface area contributed by atoms with Gasteiger partial charge in [-0.1, -0.05) is 58.4 Å². The van der Waals surface area contributed by atoms with Crippen molar-refractivity contribution >= 4 is 39.0 Å². The zero-order chi connectivity index (χ0) is 18.8. The summed E-state index contributed by atoms with van der Waals surface area (Å²) in [7, 11) is 0. The van der Waals surface area contributed by atoms with Crippen molar-refractivity contribution < 1.29 is 5.11 Å². The predicted octanol–water partition coefficient (Wildman–Crippen LogP) is 5.02. The van der Waals surface area contributed by atoms with Crippen LogP contribution < -0.4 is 5.56 Å². The average Bonchev–Trinajstić information content (AvgIpc) is 2.69. The third kappa shape index (κ3) is 3.41. The highest BCUT2D eigenvalue weighted by atomic mass is 79.9. The molecule has 4 rings (SSSR count). The third-order valence-corrected chi connectivity index (χ3v) is 4.75. The fourth-order valence-corrected chi connectivity index (χ4v) is 3.16. The molecule has 4 nitrogen and oxygen atoms in total. The van der Waals surface area contributed by atoms with E-state index in [0.717, 1.165) is 10.0 Å². The first-order chi connectivity index (χ1) is 13.1. The van der Waals surface area contributed by atoms with Crippen molar-refractivity contribution in [3.8, 4) is 11.4 Å². The van der Waals surface area contributed by atoms with Gasteiger partial charge in [-0.2, -0.15) is 0 Å². The number of hydrogen-bond acceptors (Lipinski definition) is 3. The second-order valence-corrected chi connectivity index (χ2v) is 6.92. The maximum Gasteiger partial charge on any atom is 0.266 e. The lowest BCUT2D eigenvalue weighted by atomic mass is 10.2. The lowest BCUT2D eigenvalue weighted by molar-refractivity contribution is 0.471. The Labute approximate surface area is 164 Å². The van der Waals surface area contributed by atoms with Gasteiger partial charge in [0.15, 0.2) is 0 Å². The molecule has 132 valence electrons. The summed E-state index contributed by atoms with van der Waals surface area (Å²) in [6, 6.07) is 21.8. The first-order valence-electron chi connectivity index (χ1n) is 8.37. The van der Waals surface area contributed by atoms with Crippen LogP contribution in [0.4, 0.5) is 0 Å². The lowest BCUT2D eigenvalue weighted by Crippen LogP contribution is -2.22. The molecule has 0 unspecified atom stereocenters. The SMILES string of the molecule is O=c1c2ccccc2nc(/C=C\c2ccc(Br)cc2)n1-c1ccccc1O. The molecule has 5 heteroatoms. The molecule has 1 heterocycles. The Morgan fingerprint density at radius 2 is 1.59 bits per heavy atom. The Balaban J connectivity index is 1.95. The number of hydrogen-bond donors (Lipinski definition) is 1. The van der Waals surface area contributed by atoms with Gasteiger partial charge in [-0.25, -0.2) is 4.98 Å². The number of rotatable bonds is 3. The fourth-order valence-electron chi connectivity index (χ4n) is 2.89. The Morgan fingerprint density at radius 3 is 2.37 bits per heavy atom. The molecule has 0 radical (unpaired) electrons. The Morgan fingerprint density at radius 1 is 0.889 bits per heavy atom. The number of aromatic hydroxyl groups is 1. The van der Waals surface area contributed by atoms with Crippen molar-refractivity contribution in [2.45, 2.75) is 0 Å². The number of nitrogens with zero attached hydrogens (tertiary/aromatic N) is 2. The van der Waals surface area contributed by atoms with Crippen LogP contribution >= 0.6 is 15.9 Å². The minimum atomic E-state index is -0.224. The molecule has 4 aromatic rings. The van der Waals surface area contributed by atoms with Crippen LogP contribution in [-0.2, 0) is 0 Å². The molecular weight excluding hydrogens is 404 g/mol. The molecule has 0 saturated heterocycles. The molecule has 0 bridgehead atoms. The minimum absolute atomic E-state index is 0.0231. The standard InChI is InChI=1S/C22H15BrN2O2/c23-16-12-9-15(10-13-16)11-14-21-24-18-6-2-1-5-17(18)22(27)25(21)19-7-3-4-8-20(19)26/h1-14,26H/b14-11-. The predicted molar refractivity (Wildman–Crippen MR) is 112 cm³/mol. The summed E-state index contributed by atoms with van der Waals surface area (Å²) >= 11 is 3.42. The van der Waals surface area contributed by atoms with Gasteiger partial charge in [-0.3, -0.25) is 9.36 Å². The quantitative estimate of drug-likeness (QED) is 0.507. The number of para-hydroxylation sites is 3. The molecule has 27 heavy (non-hydrogen) atoms. The minimum Gasteiger partial charge on any atom is -0.506 e. The summed E-state index contributed by atoms with van der Waals surface area (Å²) in [5, 5.41) is 10.8. The molecular formula is C22H15BrN2O2. The van der Waals surface area contributed by atoms with E-state index >= 15 is 0 Å². The number of halogens is 1. The third-order valence-electron chi connectivity index (χ3n) is 4.22. The molecule has 0 atom stereocenters. The molecule has 0 aliphatic heterocycles. The van der Waals surface area contributed by atoms with E-state index in [1.165, 1.54) is 4.57 Å². The van der Waals surface area contributed by atoms with E-state index in [4.69, 9.17) is 0 Å². The first-order valence-corrected chi connectivity index (χ1v) is 9.16. The smallest absolute Gasteiger partial charge is 0.266 e. The second kappa shape index (κ2) is 7.21. The number of phenolic OH excluding ortho intramolecular Hbond substituents is 1. The maximum atomic E-state index is 13.1. The van der Waals surface area contributed by atoms with Crippen LogP contribution in [0.5, 0.6) is 5.75 Å². The van der Waals surface area contributed by atoms with Gasteiger partial charge < -0.3 is 5.11 Å². The summed E-state index contributed by atoms with van der Waals surface area (Å²) < 4.78 is 2.43. The molecule has 0 amide bonds. The molecule has 0 aliphatic rings. The van der Waals surface area contributed by atoms with E-state index < -0.39 is 0 Å². The van der Waals surface area contributed by atoms with Gasteiger partial charge in [0.05, 0.1) is 16.6 Å². The Bertz CT molecular complexity index is 1210. The van der Waals surface area contributed by atoms with E-state index in [9.17, 15) is 9.90 Å². The largest absolute Gasteiger partial charge is 0.506 e. The molecule has 3 aromatic carbocycles. The highest BCUT2D eigenvalue weighted by Gasteiger charge is 2.13. The van der Waals surface area contributed by atoms with Crippen molar-refractivity contribution in [2.24, 2.45) is 0 Å². The van der Waals surface area contributed by atoms with E-state index in [0.29, 0.717) is 22.4 Å². The topological polar surface area (TPSA) is 55.1 Å². The van der Waals surface area contributed by atoms with Crippen molar-refractivity contribution in [2.75, 3.05) is 0 Å². The van der Waals surface area contributed by atoms with Crippen LogP contribution in [0.1, 0.15) is 11.4 Å². The van der Waals surface area contributed by atoms with Crippen LogP contribution in [0.25, 0.3) is 28.7 Å². The monoisotopic (exact) mass is 418 g/mol. The van der Waals surface area contributed by atoms with Gasteiger partial charge >= 0.3 is 0 Å². The summed E-state index contributed by atoms with van der Waals surface area (Å²) in [6.45, 7) is 0. The number of aromatic nitrogens is 2. The van der Waals surface area contributed by atoms with Gasteiger partial charge in [0.2, 0.25) is 0 Å². The van der Waals surface area contributed by atoms with Crippen LogP contribution in [0.15, 0.2) is 82.1 Å². The summed E-state index contributed by atoms with van der Waals surface area (Å²) in [5.41, 5.74) is 1.77. The zero-order valence-electron chi connectivity index (χ0n) is 14.2. The van der Waals surface area contributed by atoms with Crippen molar-refractivity contribution in [3.05, 3.63) is 99.0 Å². The van der Waals surface area contributed by atoms with Crippen LogP contribution in [0.2, 0.25) is 0 Å². The normalized spacial score (nSPS) is 11.3. The summed E-state index contributed by atoms with van der Waals surface area (Å²) in [5.74, 6) is 0.470. The highest BCUT2D eigenvalue weighted by Crippen LogP contribution is 2.22. The van der Waals surface area contributed by atoms with Crippen LogP contribution in [0.3, 0.4) is 0 Å². The van der Waals surface area contributed by atoms with Gasteiger partial charge in [0.25, 0.3) is 5.56 Å². The summed E-state index contributed by atoms with van der Waals surface area (Å²) in [4.78, 5) is 17.8. The van der Waals surface area contributed by atoms with Crippen molar-refractivity contribution in [1.29, 1.82) is 0 Å². The molecule has 0 aliphatic carbocycles. The lowest BCUT2D eigenvalue weighted by Gasteiger charge is -2.12. The Kier molecular flexibility index (Phi) is 4.60. The molecule has 0 saturated carbocycles. The number of benzene rings is 3. The highest BCUT2D eigenvalue weighted by molar-refractivity contribution is 9.10. The van der Waals surface area contributed by atoms with Crippen molar-refractivity contribution in [1.82, 2.24) is 9.55 Å². The maximum absolute atomic E-state index is 13.1. The Hall–Kier alpha value is -3.18. The van der Waals surface area contributed by atoms with Gasteiger partial charge in [0, 0.05) is 4.47 Å². The molecule has 1 N–H and O–H groups in total. The second-order valence-electron chi connectivity index (χ2n) is 6.00. The zero-order valence-corrected chi connectivity index (χ0v) is 15.8. The van der Waals surface area contributed by atoms with Crippen molar-refractivity contribution in [3.63, 3.8) is 0 Å². The van der Waals surface area contributed by atoms with Crippen LogP contribution in [0, 0.1) is 0 Å². The fraction of sp³-hybridized carbons (Fsp3) is 0. The van der Waals surface area contributed by atoms with E-state index in [1.807, 2.05) is 42.5 Å². The van der Waals surface area contributed by atoms with E-state index in [2.05, 4.69) is 20.9 Å². The molecule has 0 spiro atoms. The van der Waals surface area contributed by atoms with Gasteiger partial charge in [0.1, 0.15) is 11.6 Å². The molecule has 0 fully saturated rings. The number of fused-ring (bicyclic) bond motifs is 1. The van der Waals surface area contributed by atoms with E-state index in [1.54, 1.807) is 42.5 Å². The van der Waals surface area contributed by atoms with Crippen LogP contribution in [-0.4, -0.2) is 14.7 Å². The summed E-state index contributed by atoms with van der Waals surface area (Å²) in [6.07, 6.45) is 3.67. The average molecular weight is 419 g/mol. The molecule has 1 aromatic heterocycles. The van der Waals surface area contributed by atoms with E-state index in [-0.39, 0.29) is 11.3 Å². The first kappa shape index (κ1) is 17.2. The van der Waals surface area contributed by atoms with Gasteiger partial charge in [-0.05, 0) is 48.0 Å².